The average molecular weight is 349 g/mol. The molecular formula is C17H17ClN2O2S. The molecule has 23 heavy (non-hydrogen) atoms. The van der Waals surface area contributed by atoms with E-state index in [0.29, 0.717) is 37.6 Å². The van der Waals surface area contributed by atoms with Crippen LogP contribution in [0.2, 0.25) is 5.02 Å². The lowest BCUT2D eigenvalue weighted by atomic mass is 10.1. The van der Waals surface area contributed by atoms with Gasteiger partial charge < -0.3 is 9.80 Å². The Balaban J connectivity index is 1.53. The fraction of sp³-hybridized carbons (Fsp3) is 0.294. The fourth-order valence-corrected chi connectivity index (χ4v) is 3.37. The van der Waals surface area contributed by atoms with E-state index >= 15 is 0 Å². The van der Waals surface area contributed by atoms with Crippen LogP contribution in [-0.4, -0.2) is 47.8 Å². The molecule has 1 fully saturated rings. The molecule has 0 bridgehead atoms. The number of carbonyl (C=O) groups excluding carboxylic acids is 2. The van der Waals surface area contributed by atoms with Gasteiger partial charge in [0.2, 0.25) is 5.91 Å². The van der Waals surface area contributed by atoms with E-state index in [1.165, 1.54) is 11.3 Å². The Morgan fingerprint density at radius 2 is 1.65 bits per heavy atom. The van der Waals surface area contributed by atoms with Gasteiger partial charge in [-0.2, -0.15) is 11.3 Å². The summed E-state index contributed by atoms with van der Waals surface area (Å²) in [7, 11) is 0. The van der Waals surface area contributed by atoms with Crippen molar-refractivity contribution >= 4 is 34.8 Å². The Labute approximate surface area is 144 Å². The molecule has 120 valence electrons. The molecular weight excluding hydrogens is 332 g/mol. The van der Waals surface area contributed by atoms with Crippen LogP contribution in [0.15, 0.2) is 41.1 Å². The van der Waals surface area contributed by atoms with Crippen molar-refractivity contribution < 1.29 is 9.59 Å². The predicted molar refractivity (Wildman–Crippen MR) is 92.0 cm³/mol. The summed E-state index contributed by atoms with van der Waals surface area (Å²) in [4.78, 5) is 28.3. The molecule has 2 heterocycles. The maximum atomic E-state index is 12.3. The highest BCUT2D eigenvalue weighted by Gasteiger charge is 2.24. The summed E-state index contributed by atoms with van der Waals surface area (Å²) in [5, 5.41) is 4.43. The summed E-state index contributed by atoms with van der Waals surface area (Å²) in [5.41, 5.74) is 1.69. The number of piperazine rings is 1. The molecule has 0 aliphatic carbocycles. The summed E-state index contributed by atoms with van der Waals surface area (Å²) >= 11 is 7.37. The lowest BCUT2D eigenvalue weighted by molar-refractivity contribution is -0.131. The van der Waals surface area contributed by atoms with Crippen molar-refractivity contribution in [1.82, 2.24) is 9.80 Å². The largest absolute Gasteiger partial charge is 0.339 e. The lowest BCUT2D eigenvalue weighted by Gasteiger charge is -2.34. The van der Waals surface area contributed by atoms with Crippen LogP contribution >= 0.6 is 22.9 Å². The quantitative estimate of drug-likeness (QED) is 0.855. The minimum Gasteiger partial charge on any atom is -0.339 e. The molecule has 4 nitrogen and oxygen atoms in total. The molecule has 1 aliphatic rings. The number of nitrogens with zero attached hydrogens (tertiary/aromatic N) is 2. The number of benzene rings is 1. The van der Waals surface area contributed by atoms with Crippen molar-refractivity contribution in [2.24, 2.45) is 0 Å². The third kappa shape index (κ3) is 3.92. The van der Waals surface area contributed by atoms with Gasteiger partial charge in [-0.15, -0.1) is 0 Å². The molecule has 6 heteroatoms. The normalized spacial score (nSPS) is 14.8. The van der Waals surface area contributed by atoms with Crippen LogP contribution < -0.4 is 0 Å². The smallest absolute Gasteiger partial charge is 0.254 e. The molecule has 1 saturated heterocycles. The number of halogens is 1. The molecule has 0 saturated carbocycles. The number of amides is 2. The van der Waals surface area contributed by atoms with Gasteiger partial charge in [0.1, 0.15) is 0 Å². The van der Waals surface area contributed by atoms with Crippen LogP contribution in [-0.2, 0) is 11.2 Å². The SMILES string of the molecule is O=C(Cc1ccc(Cl)cc1)N1CCN(C(=O)c2ccsc2)CC1. The van der Waals surface area contributed by atoms with Crippen LogP contribution in [0.5, 0.6) is 0 Å². The number of carbonyl (C=O) groups is 2. The number of hydrogen-bond acceptors (Lipinski definition) is 3. The molecule has 1 aromatic heterocycles. The van der Waals surface area contributed by atoms with Gasteiger partial charge in [-0.05, 0) is 29.1 Å². The monoisotopic (exact) mass is 348 g/mol. The van der Waals surface area contributed by atoms with E-state index in [1.807, 2.05) is 38.8 Å². The van der Waals surface area contributed by atoms with Gasteiger partial charge >= 0.3 is 0 Å². The fourth-order valence-electron chi connectivity index (χ4n) is 2.62. The molecule has 0 atom stereocenters. The van der Waals surface area contributed by atoms with E-state index in [2.05, 4.69) is 0 Å². The Hall–Kier alpha value is -1.85. The molecule has 0 N–H and O–H groups in total. The van der Waals surface area contributed by atoms with Crippen molar-refractivity contribution in [2.45, 2.75) is 6.42 Å². The third-order valence-electron chi connectivity index (χ3n) is 3.96. The maximum Gasteiger partial charge on any atom is 0.254 e. The zero-order valence-corrected chi connectivity index (χ0v) is 14.1. The first kappa shape index (κ1) is 16.0. The minimum absolute atomic E-state index is 0.0519. The van der Waals surface area contributed by atoms with Crippen molar-refractivity contribution in [3.63, 3.8) is 0 Å². The van der Waals surface area contributed by atoms with Gasteiger partial charge in [0.25, 0.3) is 5.91 Å². The van der Waals surface area contributed by atoms with Crippen LogP contribution in [0, 0.1) is 0 Å². The van der Waals surface area contributed by atoms with Gasteiger partial charge in [-0.1, -0.05) is 23.7 Å². The van der Waals surface area contributed by atoms with Gasteiger partial charge in [0.15, 0.2) is 0 Å². The van der Waals surface area contributed by atoms with Crippen LogP contribution in [0.25, 0.3) is 0 Å². The predicted octanol–water partition coefficient (Wildman–Crippen LogP) is 2.93. The van der Waals surface area contributed by atoms with Gasteiger partial charge in [-0.3, -0.25) is 9.59 Å². The first-order valence-electron chi connectivity index (χ1n) is 7.47. The second-order valence-corrected chi connectivity index (χ2v) is 6.70. The molecule has 0 radical (unpaired) electrons. The van der Waals surface area contributed by atoms with Crippen molar-refractivity contribution in [3.05, 3.63) is 57.2 Å². The molecule has 1 aliphatic heterocycles. The topological polar surface area (TPSA) is 40.6 Å². The van der Waals surface area contributed by atoms with Gasteiger partial charge in [-0.25, -0.2) is 0 Å². The summed E-state index contributed by atoms with van der Waals surface area (Å²) in [6.45, 7) is 2.34. The van der Waals surface area contributed by atoms with E-state index in [0.717, 1.165) is 11.1 Å². The Morgan fingerprint density at radius 3 is 2.26 bits per heavy atom. The van der Waals surface area contributed by atoms with Crippen molar-refractivity contribution in [1.29, 1.82) is 0 Å². The van der Waals surface area contributed by atoms with E-state index in [1.54, 1.807) is 12.1 Å². The maximum absolute atomic E-state index is 12.3. The van der Waals surface area contributed by atoms with Gasteiger partial charge in [0, 0.05) is 36.6 Å². The lowest BCUT2D eigenvalue weighted by Crippen LogP contribution is -2.50. The first-order chi connectivity index (χ1) is 11.1. The van der Waals surface area contributed by atoms with Crippen LogP contribution in [0.1, 0.15) is 15.9 Å². The zero-order chi connectivity index (χ0) is 16.2. The Kier molecular flexibility index (Phi) is 4.98. The van der Waals surface area contributed by atoms with E-state index in [9.17, 15) is 9.59 Å². The summed E-state index contributed by atoms with van der Waals surface area (Å²) < 4.78 is 0. The zero-order valence-electron chi connectivity index (χ0n) is 12.6. The second-order valence-electron chi connectivity index (χ2n) is 5.49. The highest BCUT2D eigenvalue weighted by Crippen LogP contribution is 2.14. The minimum atomic E-state index is 0.0519. The average Bonchev–Trinajstić information content (AvgIpc) is 3.11. The molecule has 2 aromatic rings. The molecule has 0 spiro atoms. The third-order valence-corrected chi connectivity index (χ3v) is 4.89. The van der Waals surface area contributed by atoms with E-state index in [-0.39, 0.29) is 11.8 Å². The number of hydrogen-bond donors (Lipinski definition) is 0. The van der Waals surface area contributed by atoms with E-state index < -0.39 is 0 Å². The highest BCUT2D eigenvalue weighted by molar-refractivity contribution is 7.08. The highest BCUT2D eigenvalue weighted by atomic mass is 35.5. The summed E-state index contributed by atoms with van der Waals surface area (Å²) in [6.07, 6.45) is 0.371. The Morgan fingerprint density at radius 1 is 1.00 bits per heavy atom. The second kappa shape index (κ2) is 7.15. The van der Waals surface area contributed by atoms with Gasteiger partial charge in [0.05, 0.1) is 12.0 Å². The van der Waals surface area contributed by atoms with Crippen LogP contribution in [0.4, 0.5) is 0 Å². The van der Waals surface area contributed by atoms with Crippen molar-refractivity contribution in [2.75, 3.05) is 26.2 Å². The number of thiophene rings is 1. The van der Waals surface area contributed by atoms with Crippen molar-refractivity contribution in [3.8, 4) is 0 Å². The van der Waals surface area contributed by atoms with E-state index in [4.69, 9.17) is 11.6 Å². The summed E-state index contributed by atoms with van der Waals surface area (Å²) in [5.74, 6) is 0.144. The molecule has 0 unspecified atom stereocenters. The molecule has 3 rings (SSSR count). The molecule has 2 amide bonds. The standard InChI is InChI=1S/C17H17ClN2O2S/c18-15-3-1-13(2-4-15)11-16(21)19-6-8-20(9-7-19)17(22)14-5-10-23-12-14/h1-5,10,12H,6-9,11H2. The van der Waals surface area contributed by atoms with Crippen LogP contribution in [0.3, 0.4) is 0 Å². The molecule has 1 aromatic carbocycles. The Bertz CT molecular complexity index is 677. The number of rotatable bonds is 3. The summed E-state index contributed by atoms with van der Waals surface area (Å²) in [6, 6.07) is 9.17. The first-order valence-corrected chi connectivity index (χ1v) is 8.79.